The monoisotopic (exact) mass is 419 g/mol. The summed E-state index contributed by atoms with van der Waals surface area (Å²) in [6, 6.07) is 5.30. The van der Waals surface area contributed by atoms with Crippen LogP contribution in [0.3, 0.4) is 0 Å². The molecule has 10 heteroatoms. The van der Waals surface area contributed by atoms with Crippen LogP contribution in [0.5, 0.6) is 0 Å². The van der Waals surface area contributed by atoms with Crippen LogP contribution < -0.4 is 5.32 Å². The average molecular weight is 419 g/mol. The maximum absolute atomic E-state index is 13.5. The molecule has 0 aliphatic heterocycles. The summed E-state index contributed by atoms with van der Waals surface area (Å²) in [7, 11) is 0. The van der Waals surface area contributed by atoms with E-state index in [1.165, 1.54) is 24.3 Å². The molecular weight excluding hydrogens is 403 g/mol. The summed E-state index contributed by atoms with van der Waals surface area (Å²) in [5.74, 6) is -5.48. The number of anilines is 1. The van der Waals surface area contributed by atoms with Gasteiger partial charge in [-0.3, -0.25) is 0 Å². The molecule has 0 saturated carbocycles. The average Bonchev–Trinajstić information content (AvgIpc) is 3.08. The summed E-state index contributed by atoms with van der Waals surface area (Å²) >= 11 is 0. The predicted molar refractivity (Wildman–Crippen MR) is 95.2 cm³/mol. The van der Waals surface area contributed by atoms with Crippen LogP contribution in [0.2, 0.25) is 0 Å². The fourth-order valence-electron chi connectivity index (χ4n) is 2.34. The van der Waals surface area contributed by atoms with Crippen LogP contribution in [0.25, 0.3) is 5.69 Å². The van der Waals surface area contributed by atoms with Crippen LogP contribution >= 0.6 is 0 Å². The second-order valence-electron chi connectivity index (χ2n) is 6.05. The molecular formula is C19H16F7N3. The number of allylic oxidation sites excluding steroid dienone is 2. The Bertz CT molecular complexity index is 932. The summed E-state index contributed by atoms with van der Waals surface area (Å²) in [6.45, 7) is 6.35. The number of hydrogen-bond donors (Lipinski definition) is 1. The van der Waals surface area contributed by atoms with Crippen molar-refractivity contribution in [1.29, 1.82) is 0 Å². The van der Waals surface area contributed by atoms with Crippen LogP contribution in [0, 0.1) is 0 Å². The van der Waals surface area contributed by atoms with Crippen LogP contribution in [-0.2, 0) is 12.1 Å². The van der Waals surface area contributed by atoms with Gasteiger partial charge in [0.15, 0.2) is 0 Å². The van der Waals surface area contributed by atoms with Gasteiger partial charge in [0.25, 0.3) is 5.92 Å². The zero-order valence-electron chi connectivity index (χ0n) is 15.1. The maximum Gasteiger partial charge on any atom is 0.433 e. The molecule has 0 aliphatic rings. The number of nitrogens with zero attached hydrogens (tertiary/aromatic N) is 2. The first-order valence-corrected chi connectivity index (χ1v) is 8.10. The molecule has 0 spiro atoms. The topological polar surface area (TPSA) is 29.9 Å². The van der Waals surface area contributed by atoms with Crippen molar-refractivity contribution in [3.8, 4) is 5.69 Å². The predicted octanol–water partition coefficient (Wildman–Crippen LogP) is 6.31. The van der Waals surface area contributed by atoms with Crippen molar-refractivity contribution in [2.75, 3.05) is 11.9 Å². The van der Waals surface area contributed by atoms with Crippen molar-refractivity contribution < 1.29 is 30.7 Å². The number of alkyl halides is 5. The van der Waals surface area contributed by atoms with Gasteiger partial charge in [-0.05, 0) is 36.4 Å². The Morgan fingerprint density at radius 3 is 2.17 bits per heavy atom. The number of nitrogens with one attached hydrogen (secondary N) is 1. The van der Waals surface area contributed by atoms with Crippen molar-refractivity contribution >= 4 is 5.69 Å². The molecule has 0 amide bonds. The van der Waals surface area contributed by atoms with E-state index in [1.807, 2.05) is 0 Å². The van der Waals surface area contributed by atoms with Crippen molar-refractivity contribution in [3.05, 3.63) is 78.2 Å². The van der Waals surface area contributed by atoms with Gasteiger partial charge in [0.1, 0.15) is 23.0 Å². The second kappa shape index (κ2) is 8.14. The first-order chi connectivity index (χ1) is 13.3. The highest BCUT2D eigenvalue weighted by atomic mass is 19.4. The standard InChI is InChI=1S/C19H16F7N3/c1-4-15(21)14(11(2)20)10-27-12-5-7-13(8-6-12)29-17(19(24,25)26)9-16(28-29)18(3,22)23/h4-9,27H,1-2,10H2,3H3/b15-14+. The molecule has 1 aromatic carbocycles. The molecule has 1 heterocycles. The van der Waals surface area contributed by atoms with Crippen LogP contribution in [0.4, 0.5) is 36.4 Å². The van der Waals surface area contributed by atoms with Crippen LogP contribution in [0.1, 0.15) is 18.3 Å². The lowest BCUT2D eigenvalue weighted by Gasteiger charge is -2.12. The number of halogens is 7. The highest BCUT2D eigenvalue weighted by Gasteiger charge is 2.39. The van der Waals surface area contributed by atoms with E-state index in [0.717, 1.165) is 6.08 Å². The number of hydrogen-bond acceptors (Lipinski definition) is 2. The Morgan fingerprint density at radius 2 is 1.72 bits per heavy atom. The number of aromatic nitrogens is 2. The van der Waals surface area contributed by atoms with Gasteiger partial charge in [0.05, 0.1) is 5.69 Å². The molecule has 0 fully saturated rings. The Morgan fingerprint density at radius 1 is 1.14 bits per heavy atom. The second-order valence-corrected chi connectivity index (χ2v) is 6.05. The fraction of sp³-hybridized carbons (Fsp3) is 0.211. The van der Waals surface area contributed by atoms with Gasteiger partial charge in [-0.2, -0.15) is 27.1 Å². The largest absolute Gasteiger partial charge is 0.433 e. The van der Waals surface area contributed by atoms with E-state index >= 15 is 0 Å². The minimum Gasteiger partial charge on any atom is -0.381 e. The maximum atomic E-state index is 13.5. The molecule has 2 aromatic rings. The normalized spacial score (nSPS) is 13.1. The molecule has 0 aliphatic carbocycles. The Balaban J connectivity index is 2.32. The van der Waals surface area contributed by atoms with Gasteiger partial charge in [-0.25, -0.2) is 13.5 Å². The molecule has 0 atom stereocenters. The minimum absolute atomic E-state index is 0.124. The van der Waals surface area contributed by atoms with Gasteiger partial charge in [-0.1, -0.05) is 13.2 Å². The summed E-state index contributed by atoms with van der Waals surface area (Å²) in [6.07, 6.45) is -4.10. The van der Waals surface area contributed by atoms with E-state index in [9.17, 15) is 30.7 Å². The van der Waals surface area contributed by atoms with Crippen molar-refractivity contribution in [1.82, 2.24) is 9.78 Å². The number of rotatable bonds is 7. The van der Waals surface area contributed by atoms with Gasteiger partial charge in [0, 0.05) is 24.7 Å². The van der Waals surface area contributed by atoms with Crippen LogP contribution in [0.15, 0.2) is 66.8 Å². The summed E-state index contributed by atoms with van der Waals surface area (Å²) in [5.41, 5.74) is -2.57. The Labute approximate surface area is 161 Å². The van der Waals surface area contributed by atoms with Gasteiger partial charge >= 0.3 is 6.18 Å². The molecule has 1 aromatic heterocycles. The Hall–Kier alpha value is -3.04. The molecule has 156 valence electrons. The van der Waals surface area contributed by atoms with Gasteiger partial charge < -0.3 is 5.32 Å². The van der Waals surface area contributed by atoms with E-state index < -0.39 is 35.1 Å². The third kappa shape index (κ3) is 5.27. The molecule has 0 bridgehead atoms. The van der Waals surface area contributed by atoms with Crippen molar-refractivity contribution in [2.45, 2.75) is 19.0 Å². The molecule has 2 rings (SSSR count). The smallest absolute Gasteiger partial charge is 0.381 e. The highest BCUT2D eigenvalue weighted by Crippen LogP contribution is 2.35. The first-order valence-electron chi connectivity index (χ1n) is 8.10. The summed E-state index contributed by atoms with van der Waals surface area (Å²) in [5, 5.41) is 6.05. The van der Waals surface area contributed by atoms with Gasteiger partial charge in [-0.15, -0.1) is 0 Å². The quantitative estimate of drug-likeness (QED) is 0.421. The van der Waals surface area contributed by atoms with E-state index in [-0.39, 0.29) is 23.9 Å². The zero-order valence-corrected chi connectivity index (χ0v) is 15.1. The van der Waals surface area contributed by atoms with E-state index in [0.29, 0.717) is 17.3 Å². The zero-order chi connectivity index (χ0) is 22.0. The molecule has 1 N–H and O–H groups in total. The Kier molecular flexibility index (Phi) is 6.24. The lowest BCUT2D eigenvalue weighted by molar-refractivity contribution is -0.142. The van der Waals surface area contributed by atoms with E-state index in [4.69, 9.17) is 0 Å². The molecule has 0 unspecified atom stereocenters. The van der Waals surface area contributed by atoms with E-state index in [1.54, 1.807) is 0 Å². The van der Waals surface area contributed by atoms with Gasteiger partial charge in [0.2, 0.25) is 0 Å². The van der Waals surface area contributed by atoms with Crippen molar-refractivity contribution in [2.24, 2.45) is 0 Å². The highest BCUT2D eigenvalue weighted by molar-refractivity contribution is 5.51. The summed E-state index contributed by atoms with van der Waals surface area (Å²) < 4.78 is 93.6. The molecule has 3 nitrogen and oxygen atoms in total. The lowest BCUT2D eigenvalue weighted by atomic mass is 10.2. The molecule has 29 heavy (non-hydrogen) atoms. The van der Waals surface area contributed by atoms with Crippen molar-refractivity contribution in [3.63, 3.8) is 0 Å². The SMILES string of the molecule is C=C/C(F)=C(/CNc1ccc(-n2nc(C(C)(F)F)cc2C(F)(F)F)cc1)C(=C)F. The summed E-state index contributed by atoms with van der Waals surface area (Å²) in [4.78, 5) is 0. The third-order valence-electron chi connectivity index (χ3n) is 3.83. The lowest BCUT2D eigenvalue weighted by Crippen LogP contribution is -2.13. The molecule has 0 radical (unpaired) electrons. The van der Waals surface area contributed by atoms with Crippen LogP contribution in [-0.4, -0.2) is 16.3 Å². The van der Waals surface area contributed by atoms with E-state index in [2.05, 4.69) is 23.6 Å². The number of benzene rings is 1. The minimum atomic E-state index is -4.91. The first kappa shape index (κ1) is 22.3. The fourth-order valence-corrected chi connectivity index (χ4v) is 2.34. The molecule has 0 saturated heterocycles. The third-order valence-corrected chi connectivity index (χ3v) is 3.83.